The molecule has 0 amide bonds. The monoisotopic (exact) mass is 233 g/mol. The van der Waals surface area contributed by atoms with Crippen molar-refractivity contribution in [1.82, 2.24) is 4.98 Å². The number of phenolic OH excluding ortho intramolecular Hbond substituents is 1. The summed E-state index contributed by atoms with van der Waals surface area (Å²) in [6.45, 7) is 1.62. The Morgan fingerprint density at radius 3 is 2.76 bits per heavy atom. The highest BCUT2D eigenvalue weighted by Gasteiger charge is 2.17. The molecule has 17 heavy (non-hydrogen) atoms. The van der Waals surface area contributed by atoms with Gasteiger partial charge in [0.05, 0.1) is 12.5 Å². The maximum Gasteiger partial charge on any atom is 0.343 e. The van der Waals surface area contributed by atoms with E-state index in [4.69, 9.17) is 0 Å². The molecule has 0 radical (unpaired) electrons. The van der Waals surface area contributed by atoms with E-state index < -0.39 is 11.4 Å². The number of pyridine rings is 1. The molecule has 1 aromatic heterocycles. The van der Waals surface area contributed by atoms with Crippen LogP contribution in [-0.4, -0.2) is 23.2 Å². The molecule has 0 fully saturated rings. The lowest BCUT2D eigenvalue weighted by molar-refractivity contribution is 0.0598. The number of aromatic nitrogens is 1. The molecule has 0 aliphatic carbocycles. The van der Waals surface area contributed by atoms with Crippen LogP contribution in [0.1, 0.15) is 16.1 Å². The maximum absolute atomic E-state index is 12.1. The lowest BCUT2D eigenvalue weighted by atomic mass is 10.1. The second-order valence-electron chi connectivity index (χ2n) is 3.68. The molecule has 1 heterocycles. The molecular weight excluding hydrogens is 222 g/mol. The zero-order valence-electron chi connectivity index (χ0n) is 9.40. The van der Waals surface area contributed by atoms with Gasteiger partial charge >= 0.3 is 5.97 Å². The van der Waals surface area contributed by atoms with Gasteiger partial charge in [-0.1, -0.05) is 0 Å². The normalized spacial score (nSPS) is 10.5. The molecule has 0 aliphatic heterocycles. The average molecular weight is 233 g/mol. The predicted octanol–water partition coefficient (Wildman–Crippen LogP) is 1.33. The van der Waals surface area contributed by atoms with Crippen molar-refractivity contribution in [2.45, 2.75) is 6.92 Å². The third-order valence-corrected chi connectivity index (χ3v) is 2.56. The minimum Gasteiger partial charge on any atom is -0.508 e. The van der Waals surface area contributed by atoms with Crippen molar-refractivity contribution in [1.29, 1.82) is 0 Å². The summed E-state index contributed by atoms with van der Waals surface area (Å²) in [5.41, 5.74) is 0.530. The van der Waals surface area contributed by atoms with E-state index in [0.717, 1.165) is 0 Å². The Hall–Kier alpha value is -2.30. The van der Waals surface area contributed by atoms with Crippen LogP contribution >= 0.6 is 0 Å². The van der Waals surface area contributed by atoms with Crippen molar-refractivity contribution in [3.05, 3.63) is 39.7 Å². The SMILES string of the molecule is COC(=O)c1c(C)[nH]c2ccc(O)cc2c1=O. The first kappa shape index (κ1) is 11.2. The van der Waals surface area contributed by atoms with Crippen LogP contribution in [0, 0.1) is 6.92 Å². The Balaban J connectivity index is 2.87. The van der Waals surface area contributed by atoms with Gasteiger partial charge in [0.25, 0.3) is 0 Å². The minimum atomic E-state index is -0.686. The number of hydrogen-bond donors (Lipinski definition) is 2. The fourth-order valence-electron chi connectivity index (χ4n) is 1.75. The molecule has 0 atom stereocenters. The van der Waals surface area contributed by atoms with E-state index in [1.807, 2.05) is 0 Å². The number of aromatic hydroxyl groups is 1. The molecule has 2 rings (SSSR count). The van der Waals surface area contributed by atoms with Crippen molar-refractivity contribution in [2.75, 3.05) is 7.11 Å². The summed E-state index contributed by atoms with van der Waals surface area (Å²) >= 11 is 0. The van der Waals surface area contributed by atoms with Crippen LogP contribution in [-0.2, 0) is 4.74 Å². The summed E-state index contributed by atoms with van der Waals surface area (Å²) in [5.74, 6) is -0.711. The summed E-state index contributed by atoms with van der Waals surface area (Å²) in [6.07, 6.45) is 0. The van der Waals surface area contributed by atoms with E-state index in [1.165, 1.54) is 19.2 Å². The Labute approximate surface area is 96.7 Å². The van der Waals surface area contributed by atoms with Crippen molar-refractivity contribution in [3.8, 4) is 5.75 Å². The molecule has 1 aromatic carbocycles. The van der Waals surface area contributed by atoms with Crippen LogP contribution in [0.4, 0.5) is 0 Å². The van der Waals surface area contributed by atoms with Gasteiger partial charge in [0.2, 0.25) is 5.43 Å². The minimum absolute atomic E-state index is 0.0253. The highest BCUT2D eigenvalue weighted by atomic mass is 16.5. The molecule has 0 saturated heterocycles. The standard InChI is InChI=1S/C12H11NO4/c1-6-10(12(16)17-2)11(15)8-5-7(14)3-4-9(8)13-6/h3-5,14H,1-2H3,(H,13,15). The first-order valence-corrected chi connectivity index (χ1v) is 4.98. The van der Waals surface area contributed by atoms with E-state index in [9.17, 15) is 14.7 Å². The lowest BCUT2D eigenvalue weighted by Crippen LogP contribution is -2.19. The lowest BCUT2D eigenvalue weighted by Gasteiger charge is -2.06. The summed E-state index contributed by atoms with van der Waals surface area (Å²) in [7, 11) is 1.22. The van der Waals surface area contributed by atoms with Gasteiger partial charge in [-0.15, -0.1) is 0 Å². The number of ether oxygens (including phenoxy) is 1. The molecule has 5 nitrogen and oxygen atoms in total. The average Bonchev–Trinajstić information content (AvgIpc) is 2.30. The number of phenols is 1. The summed E-state index contributed by atoms with van der Waals surface area (Å²) in [5, 5.41) is 9.60. The second kappa shape index (κ2) is 3.93. The van der Waals surface area contributed by atoms with Gasteiger partial charge in [-0.25, -0.2) is 4.79 Å². The van der Waals surface area contributed by atoms with Crippen molar-refractivity contribution >= 4 is 16.9 Å². The van der Waals surface area contributed by atoms with Crippen LogP contribution < -0.4 is 5.43 Å². The van der Waals surface area contributed by atoms with Crippen LogP contribution in [0.3, 0.4) is 0 Å². The molecule has 0 saturated carbocycles. The van der Waals surface area contributed by atoms with Gasteiger partial charge in [0.1, 0.15) is 11.3 Å². The Kier molecular flexibility index (Phi) is 2.59. The number of rotatable bonds is 1. The number of carbonyl (C=O) groups excluding carboxylic acids is 1. The van der Waals surface area contributed by atoms with E-state index in [1.54, 1.807) is 13.0 Å². The summed E-state index contributed by atoms with van der Waals surface area (Å²) in [4.78, 5) is 26.5. The number of aryl methyl sites for hydroxylation is 1. The first-order valence-electron chi connectivity index (χ1n) is 4.98. The molecule has 0 aliphatic rings. The fraction of sp³-hybridized carbons (Fsp3) is 0.167. The van der Waals surface area contributed by atoms with Crippen molar-refractivity contribution in [3.63, 3.8) is 0 Å². The number of methoxy groups -OCH3 is 1. The molecule has 0 unspecified atom stereocenters. The number of aromatic amines is 1. The molecule has 0 bridgehead atoms. The fourth-order valence-corrected chi connectivity index (χ4v) is 1.75. The quantitative estimate of drug-likeness (QED) is 0.728. The highest BCUT2D eigenvalue weighted by Crippen LogP contribution is 2.17. The Morgan fingerprint density at radius 1 is 1.41 bits per heavy atom. The van der Waals surface area contributed by atoms with Gasteiger partial charge in [-0.3, -0.25) is 4.79 Å². The van der Waals surface area contributed by atoms with Crippen LogP contribution in [0.2, 0.25) is 0 Å². The summed E-state index contributed by atoms with van der Waals surface area (Å²) in [6, 6.07) is 4.37. The Morgan fingerprint density at radius 2 is 2.12 bits per heavy atom. The zero-order valence-corrected chi connectivity index (χ0v) is 9.40. The van der Waals surface area contributed by atoms with E-state index in [-0.39, 0.29) is 16.7 Å². The van der Waals surface area contributed by atoms with Gasteiger partial charge in [-0.05, 0) is 25.1 Å². The van der Waals surface area contributed by atoms with Crippen LogP contribution in [0.25, 0.3) is 10.9 Å². The van der Waals surface area contributed by atoms with Gasteiger partial charge in [0.15, 0.2) is 0 Å². The zero-order chi connectivity index (χ0) is 12.6. The molecule has 2 N–H and O–H groups in total. The van der Waals surface area contributed by atoms with Gasteiger partial charge < -0.3 is 14.8 Å². The number of carbonyl (C=O) groups is 1. The number of benzene rings is 1. The first-order chi connectivity index (χ1) is 8.04. The van der Waals surface area contributed by atoms with E-state index >= 15 is 0 Å². The third kappa shape index (κ3) is 1.75. The molecule has 88 valence electrons. The van der Waals surface area contributed by atoms with Crippen LogP contribution in [0.15, 0.2) is 23.0 Å². The van der Waals surface area contributed by atoms with E-state index in [0.29, 0.717) is 11.2 Å². The number of fused-ring (bicyclic) bond motifs is 1. The number of H-pyrrole nitrogens is 1. The largest absolute Gasteiger partial charge is 0.508 e. The van der Waals surface area contributed by atoms with Gasteiger partial charge in [0, 0.05) is 11.2 Å². The third-order valence-electron chi connectivity index (χ3n) is 2.56. The van der Waals surface area contributed by atoms with Gasteiger partial charge in [-0.2, -0.15) is 0 Å². The maximum atomic E-state index is 12.1. The Bertz CT molecular complexity index is 657. The topological polar surface area (TPSA) is 79.4 Å². The molecule has 5 heteroatoms. The smallest absolute Gasteiger partial charge is 0.343 e. The second-order valence-corrected chi connectivity index (χ2v) is 3.68. The van der Waals surface area contributed by atoms with E-state index in [2.05, 4.69) is 9.72 Å². The van der Waals surface area contributed by atoms with Crippen molar-refractivity contribution < 1.29 is 14.6 Å². The molecule has 2 aromatic rings. The number of esters is 1. The summed E-state index contributed by atoms with van der Waals surface area (Å²) < 4.78 is 4.56. The number of nitrogens with one attached hydrogen (secondary N) is 1. The molecule has 0 spiro atoms. The molecular formula is C12H11NO4. The van der Waals surface area contributed by atoms with Crippen LogP contribution in [0.5, 0.6) is 5.75 Å². The highest BCUT2D eigenvalue weighted by molar-refractivity contribution is 5.95. The van der Waals surface area contributed by atoms with Crippen molar-refractivity contribution in [2.24, 2.45) is 0 Å². The predicted molar refractivity (Wildman–Crippen MR) is 62.3 cm³/mol. The number of hydrogen-bond acceptors (Lipinski definition) is 4.